The van der Waals surface area contributed by atoms with Gasteiger partial charge >= 0.3 is 5.97 Å². The standard InChI is InChI=1S/C14H24N2O3.ClH/c1-19-13(18)14(7-3-2-4-8-14)16-12(17)10-5-6-11(15)9-10;/h10-11H,2-9,15H2,1H3,(H,16,17);1H. The monoisotopic (exact) mass is 304 g/mol. The molecular weight excluding hydrogens is 280 g/mol. The van der Waals surface area contributed by atoms with Gasteiger partial charge in [-0.25, -0.2) is 4.79 Å². The third kappa shape index (κ3) is 3.64. The van der Waals surface area contributed by atoms with Crippen LogP contribution < -0.4 is 11.1 Å². The zero-order valence-electron chi connectivity index (χ0n) is 12.0. The van der Waals surface area contributed by atoms with E-state index in [0.29, 0.717) is 12.8 Å². The molecule has 2 unspecified atom stereocenters. The molecule has 5 nitrogen and oxygen atoms in total. The van der Waals surface area contributed by atoms with Crippen LogP contribution in [-0.2, 0) is 14.3 Å². The maximum Gasteiger partial charge on any atom is 0.331 e. The molecule has 2 fully saturated rings. The van der Waals surface area contributed by atoms with Crippen LogP contribution in [0.5, 0.6) is 0 Å². The van der Waals surface area contributed by atoms with Crippen molar-refractivity contribution in [2.45, 2.75) is 62.9 Å². The lowest BCUT2D eigenvalue weighted by atomic mass is 9.81. The van der Waals surface area contributed by atoms with Crippen LogP contribution in [-0.4, -0.2) is 30.6 Å². The smallest absolute Gasteiger partial charge is 0.331 e. The van der Waals surface area contributed by atoms with Crippen LogP contribution in [0.4, 0.5) is 0 Å². The minimum absolute atomic E-state index is 0. The fourth-order valence-corrected chi connectivity index (χ4v) is 3.32. The second-order valence-electron chi connectivity index (χ2n) is 5.89. The molecule has 3 N–H and O–H groups in total. The predicted octanol–water partition coefficient (Wildman–Crippen LogP) is 1.53. The van der Waals surface area contributed by atoms with E-state index in [1.54, 1.807) is 0 Å². The van der Waals surface area contributed by atoms with Gasteiger partial charge < -0.3 is 15.8 Å². The zero-order valence-corrected chi connectivity index (χ0v) is 12.8. The summed E-state index contributed by atoms with van der Waals surface area (Å²) in [6.45, 7) is 0. The highest BCUT2D eigenvalue weighted by Gasteiger charge is 2.43. The molecule has 1 amide bonds. The first-order valence-corrected chi connectivity index (χ1v) is 7.23. The van der Waals surface area contributed by atoms with Crippen molar-refractivity contribution in [1.82, 2.24) is 5.32 Å². The highest BCUT2D eigenvalue weighted by molar-refractivity contribution is 5.89. The molecule has 0 bridgehead atoms. The number of nitrogens with two attached hydrogens (primary N) is 1. The molecule has 116 valence electrons. The molecule has 2 aliphatic rings. The van der Waals surface area contributed by atoms with Gasteiger partial charge in [0.25, 0.3) is 0 Å². The summed E-state index contributed by atoms with van der Waals surface area (Å²) in [7, 11) is 1.39. The van der Waals surface area contributed by atoms with Crippen LogP contribution in [0, 0.1) is 5.92 Å². The lowest BCUT2D eigenvalue weighted by Crippen LogP contribution is -2.57. The quantitative estimate of drug-likeness (QED) is 0.775. The van der Waals surface area contributed by atoms with Gasteiger partial charge in [-0.3, -0.25) is 4.79 Å². The number of carbonyl (C=O) groups is 2. The summed E-state index contributed by atoms with van der Waals surface area (Å²) in [5, 5.41) is 2.98. The molecular formula is C14H25ClN2O3. The molecule has 0 saturated heterocycles. The van der Waals surface area contributed by atoms with E-state index < -0.39 is 5.54 Å². The minimum Gasteiger partial charge on any atom is -0.467 e. The van der Waals surface area contributed by atoms with Gasteiger partial charge in [0.2, 0.25) is 5.91 Å². The van der Waals surface area contributed by atoms with Gasteiger partial charge in [-0.1, -0.05) is 19.3 Å². The fraction of sp³-hybridized carbons (Fsp3) is 0.857. The van der Waals surface area contributed by atoms with E-state index in [4.69, 9.17) is 10.5 Å². The number of hydrogen-bond donors (Lipinski definition) is 2. The number of halogens is 1. The van der Waals surface area contributed by atoms with Crippen LogP contribution in [0.3, 0.4) is 0 Å². The Morgan fingerprint density at radius 2 is 1.85 bits per heavy atom. The molecule has 2 aliphatic carbocycles. The number of methoxy groups -OCH3 is 1. The Bertz CT molecular complexity index is 356. The highest BCUT2D eigenvalue weighted by atomic mass is 35.5. The van der Waals surface area contributed by atoms with Gasteiger partial charge in [0.15, 0.2) is 0 Å². The molecule has 0 aromatic rings. The molecule has 0 heterocycles. The summed E-state index contributed by atoms with van der Waals surface area (Å²) in [6.07, 6.45) is 6.84. The minimum atomic E-state index is -0.795. The zero-order chi connectivity index (χ0) is 13.9. The summed E-state index contributed by atoms with van der Waals surface area (Å²) in [5.41, 5.74) is 5.05. The average Bonchev–Trinajstić information content (AvgIpc) is 2.85. The van der Waals surface area contributed by atoms with E-state index in [1.807, 2.05) is 0 Å². The molecule has 0 aliphatic heterocycles. The van der Waals surface area contributed by atoms with E-state index in [0.717, 1.165) is 38.5 Å². The Morgan fingerprint density at radius 1 is 1.20 bits per heavy atom. The van der Waals surface area contributed by atoms with Crippen molar-refractivity contribution in [3.63, 3.8) is 0 Å². The molecule has 2 saturated carbocycles. The molecule has 20 heavy (non-hydrogen) atoms. The van der Waals surface area contributed by atoms with Gasteiger partial charge in [-0.05, 0) is 32.1 Å². The summed E-state index contributed by atoms with van der Waals surface area (Å²) in [5.74, 6) is -0.374. The molecule has 2 rings (SSSR count). The Morgan fingerprint density at radius 3 is 2.35 bits per heavy atom. The van der Waals surface area contributed by atoms with Crippen LogP contribution in [0.1, 0.15) is 51.4 Å². The summed E-state index contributed by atoms with van der Waals surface area (Å²) in [6, 6.07) is 0.121. The predicted molar refractivity (Wildman–Crippen MR) is 78.5 cm³/mol. The number of hydrogen-bond acceptors (Lipinski definition) is 4. The largest absolute Gasteiger partial charge is 0.467 e. The van der Waals surface area contributed by atoms with Crippen molar-refractivity contribution in [1.29, 1.82) is 0 Å². The van der Waals surface area contributed by atoms with Crippen molar-refractivity contribution in [3.05, 3.63) is 0 Å². The van der Waals surface area contributed by atoms with E-state index in [9.17, 15) is 9.59 Å². The Balaban J connectivity index is 0.00000200. The average molecular weight is 305 g/mol. The van der Waals surface area contributed by atoms with Crippen LogP contribution in [0.15, 0.2) is 0 Å². The second-order valence-corrected chi connectivity index (χ2v) is 5.89. The maximum atomic E-state index is 12.3. The van der Waals surface area contributed by atoms with Crippen LogP contribution in [0.25, 0.3) is 0 Å². The normalized spacial score (nSPS) is 28.3. The van der Waals surface area contributed by atoms with Crippen LogP contribution >= 0.6 is 12.4 Å². The third-order valence-electron chi connectivity index (χ3n) is 4.49. The number of amides is 1. The molecule has 0 aromatic heterocycles. The molecule has 6 heteroatoms. The van der Waals surface area contributed by atoms with E-state index in [-0.39, 0.29) is 36.2 Å². The van der Waals surface area contributed by atoms with Gasteiger partial charge in [0, 0.05) is 12.0 Å². The van der Waals surface area contributed by atoms with Crippen LogP contribution in [0.2, 0.25) is 0 Å². The van der Waals surface area contributed by atoms with Gasteiger partial charge in [0.1, 0.15) is 5.54 Å². The SMILES string of the molecule is COC(=O)C1(NC(=O)C2CCC(N)C2)CCCCC1.Cl. The van der Waals surface area contributed by atoms with E-state index in [2.05, 4.69) is 5.32 Å². The number of rotatable bonds is 3. The molecule has 2 atom stereocenters. The van der Waals surface area contributed by atoms with Crippen molar-refractivity contribution in [2.24, 2.45) is 11.7 Å². The number of ether oxygens (including phenoxy) is 1. The van der Waals surface area contributed by atoms with E-state index in [1.165, 1.54) is 7.11 Å². The van der Waals surface area contributed by atoms with Crippen molar-refractivity contribution in [2.75, 3.05) is 7.11 Å². The number of carbonyl (C=O) groups excluding carboxylic acids is 2. The first-order valence-electron chi connectivity index (χ1n) is 7.23. The topological polar surface area (TPSA) is 81.4 Å². The van der Waals surface area contributed by atoms with Crippen molar-refractivity contribution in [3.8, 4) is 0 Å². The van der Waals surface area contributed by atoms with Gasteiger partial charge in [0.05, 0.1) is 7.11 Å². The summed E-state index contributed by atoms with van der Waals surface area (Å²) >= 11 is 0. The van der Waals surface area contributed by atoms with Gasteiger partial charge in [-0.2, -0.15) is 0 Å². The molecule has 0 spiro atoms. The van der Waals surface area contributed by atoms with Crippen molar-refractivity contribution < 1.29 is 14.3 Å². The van der Waals surface area contributed by atoms with E-state index >= 15 is 0 Å². The number of nitrogens with one attached hydrogen (secondary N) is 1. The first kappa shape index (κ1) is 17.2. The molecule has 0 aromatic carbocycles. The second kappa shape index (κ2) is 7.27. The Labute approximate surface area is 126 Å². The van der Waals surface area contributed by atoms with Gasteiger partial charge in [-0.15, -0.1) is 12.4 Å². The lowest BCUT2D eigenvalue weighted by Gasteiger charge is -2.36. The highest BCUT2D eigenvalue weighted by Crippen LogP contribution is 2.31. The Kier molecular flexibility index (Phi) is 6.27. The molecule has 0 radical (unpaired) electrons. The number of esters is 1. The summed E-state index contributed by atoms with van der Waals surface area (Å²) in [4.78, 5) is 24.4. The Hall–Kier alpha value is -0.810. The third-order valence-corrected chi connectivity index (χ3v) is 4.49. The lowest BCUT2D eigenvalue weighted by molar-refractivity contribution is -0.153. The summed E-state index contributed by atoms with van der Waals surface area (Å²) < 4.78 is 4.90. The first-order chi connectivity index (χ1) is 9.07. The maximum absolute atomic E-state index is 12.3. The van der Waals surface area contributed by atoms with Crippen molar-refractivity contribution >= 4 is 24.3 Å². The fourth-order valence-electron chi connectivity index (χ4n) is 3.32.